The van der Waals surface area contributed by atoms with Gasteiger partial charge in [-0.15, -0.1) is 0 Å². The molecule has 0 radical (unpaired) electrons. The van der Waals surface area contributed by atoms with E-state index in [2.05, 4.69) is 0 Å². The van der Waals surface area contributed by atoms with Crippen molar-refractivity contribution >= 4 is 15.8 Å². The topological polar surface area (TPSA) is 71.4 Å². The Kier molecular flexibility index (Phi) is 5.54. The lowest BCUT2D eigenvalue weighted by Crippen LogP contribution is -2.30. The second kappa shape index (κ2) is 6.70. The predicted octanol–water partition coefficient (Wildman–Crippen LogP) is 2.80. The van der Waals surface area contributed by atoms with Crippen LogP contribution in [0, 0.1) is 6.92 Å². The minimum absolute atomic E-state index is 0.0852. The fourth-order valence-electron chi connectivity index (χ4n) is 1.88. The molecule has 0 heterocycles. The van der Waals surface area contributed by atoms with Gasteiger partial charge < -0.3 is 5.11 Å². The highest BCUT2D eigenvalue weighted by atomic mass is 32.2. The van der Waals surface area contributed by atoms with Crippen molar-refractivity contribution in [2.45, 2.75) is 49.7 Å². The summed E-state index contributed by atoms with van der Waals surface area (Å²) >= 11 is 0. The Morgan fingerprint density at radius 1 is 1.21 bits per heavy atom. The molecule has 0 bridgehead atoms. The molecule has 19 heavy (non-hydrogen) atoms. The summed E-state index contributed by atoms with van der Waals surface area (Å²) in [5.74, 6) is -1.27. The van der Waals surface area contributed by atoms with E-state index >= 15 is 0 Å². The summed E-state index contributed by atoms with van der Waals surface area (Å²) < 4.78 is 24.6. The van der Waals surface area contributed by atoms with Crippen molar-refractivity contribution < 1.29 is 18.3 Å². The van der Waals surface area contributed by atoms with Crippen molar-refractivity contribution in [1.82, 2.24) is 0 Å². The van der Waals surface area contributed by atoms with E-state index in [0.29, 0.717) is 6.42 Å². The van der Waals surface area contributed by atoms with Gasteiger partial charge in [0.2, 0.25) is 0 Å². The second-order valence-corrected chi connectivity index (χ2v) is 6.81. The van der Waals surface area contributed by atoms with E-state index in [0.717, 1.165) is 18.4 Å². The van der Waals surface area contributed by atoms with E-state index in [1.165, 1.54) is 12.1 Å². The van der Waals surface area contributed by atoms with Crippen LogP contribution >= 0.6 is 0 Å². The third-order valence-corrected chi connectivity index (χ3v) is 5.19. The van der Waals surface area contributed by atoms with Crippen LogP contribution in [-0.4, -0.2) is 24.7 Å². The summed E-state index contributed by atoms with van der Waals surface area (Å²) in [5.41, 5.74) is 0.941. The van der Waals surface area contributed by atoms with Crippen LogP contribution in [0.1, 0.15) is 38.2 Å². The summed E-state index contributed by atoms with van der Waals surface area (Å²) in [7, 11) is -3.80. The standard InChI is InChI=1S/C14H20O4S/c1-3-4-5-6-13(14(15)16)19(17,18)12-9-7-11(2)8-10-12/h7-10,13H,3-6H2,1-2H3,(H,15,16). The zero-order chi connectivity index (χ0) is 14.5. The lowest BCUT2D eigenvalue weighted by atomic mass is 10.1. The summed E-state index contributed by atoms with van der Waals surface area (Å²) in [6, 6.07) is 6.30. The summed E-state index contributed by atoms with van der Waals surface area (Å²) in [6.45, 7) is 3.84. The lowest BCUT2D eigenvalue weighted by Gasteiger charge is -2.13. The minimum Gasteiger partial charge on any atom is -0.480 e. The molecule has 1 rings (SSSR count). The van der Waals surface area contributed by atoms with Gasteiger partial charge in [0.25, 0.3) is 0 Å². The highest BCUT2D eigenvalue weighted by Gasteiger charge is 2.33. The van der Waals surface area contributed by atoms with E-state index in [4.69, 9.17) is 5.11 Å². The van der Waals surface area contributed by atoms with Crippen LogP contribution < -0.4 is 0 Å². The van der Waals surface area contributed by atoms with Gasteiger partial charge in [-0.25, -0.2) is 8.42 Å². The van der Waals surface area contributed by atoms with Gasteiger partial charge in [-0.3, -0.25) is 4.79 Å². The molecule has 1 aromatic rings. The molecule has 106 valence electrons. The van der Waals surface area contributed by atoms with Gasteiger partial charge in [-0.05, 0) is 25.5 Å². The molecule has 1 N–H and O–H groups in total. The van der Waals surface area contributed by atoms with Crippen LogP contribution in [0.15, 0.2) is 29.2 Å². The summed E-state index contributed by atoms with van der Waals surface area (Å²) in [6.07, 6.45) is 2.54. The number of carboxylic acid groups (broad SMARTS) is 1. The lowest BCUT2D eigenvalue weighted by molar-refractivity contribution is -0.136. The molecule has 0 fully saturated rings. The first-order chi connectivity index (χ1) is 8.89. The van der Waals surface area contributed by atoms with Crippen molar-refractivity contribution in [3.63, 3.8) is 0 Å². The minimum atomic E-state index is -3.80. The molecule has 4 nitrogen and oxygen atoms in total. The molecule has 0 aromatic heterocycles. The zero-order valence-electron chi connectivity index (χ0n) is 11.3. The van der Waals surface area contributed by atoms with Gasteiger partial charge in [-0.2, -0.15) is 0 Å². The highest BCUT2D eigenvalue weighted by Crippen LogP contribution is 2.21. The number of aliphatic carboxylic acids is 1. The Balaban J connectivity index is 2.99. The number of benzene rings is 1. The first-order valence-corrected chi connectivity index (χ1v) is 7.97. The molecule has 0 aliphatic rings. The molecular formula is C14H20O4S. The van der Waals surface area contributed by atoms with Gasteiger partial charge in [0.05, 0.1) is 4.90 Å². The van der Waals surface area contributed by atoms with Crippen LogP contribution in [0.5, 0.6) is 0 Å². The maximum atomic E-state index is 12.3. The average Bonchev–Trinajstić information content (AvgIpc) is 2.34. The molecule has 0 amide bonds. The van der Waals surface area contributed by atoms with Gasteiger partial charge in [0, 0.05) is 0 Å². The Bertz CT molecular complexity index is 517. The molecule has 0 aliphatic heterocycles. The normalized spacial score (nSPS) is 13.2. The SMILES string of the molecule is CCCCCC(C(=O)O)S(=O)(=O)c1ccc(C)cc1. The van der Waals surface area contributed by atoms with Crippen molar-refractivity contribution in [1.29, 1.82) is 0 Å². The van der Waals surface area contributed by atoms with Gasteiger partial charge in [0.15, 0.2) is 15.1 Å². The molecule has 0 saturated carbocycles. The Morgan fingerprint density at radius 2 is 1.79 bits per heavy atom. The van der Waals surface area contributed by atoms with Crippen LogP contribution in [-0.2, 0) is 14.6 Å². The van der Waals surface area contributed by atoms with Crippen molar-refractivity contribution in [2.24, 2.45) is 0 Å². The molecule has 1 unspecified atom stereocenters. The number of hydrogen-bond donors (Lipinski definition) is 1. The number of unbranched alkanes of at least 4 members (excludes halogenated alkanes) is 2. The largest absolute Gasteiger partial charge is 0.480 e. The van der Waals surface area contributed by atoms with Crippen molar-refractivity contribution in [3.8, 4) is 0 Å². The number of carbonyl (C=O) groups is 1. The number of hydrogen-bond acceptors (Lipinski definition) is 3. The summed E-state index contributed by atoms with van der Waals surface area (Å²) in [5, 5.41) is 7.80. The Morgan fingerprint density at radius 3 is 2.26 bits per heavy atom. The molecule has 0 spiro atoms. The first kappa shape index (κ1) is 15.7. The number of rotatable bonds is 7. The third kappa shape index (κ3) is 4.06. The number of sulfone groups is 1. The van der Waals surface area contributed by atoms with E-state index in [-0.39, 0.29) is 11.3 Å². The van der Waals surface area contributed by atoms with E-state index in [1.807, 2.05) is 13.8 Å². The molecule has 0 aliphatic carbocycles. The maximum Gasteiger partial charge on any atom is 0.322 e. The molecular weight excluding hydrogens is 264 g/mol. The molecule has 1 aromatic carbocycles. The predicted molar refractivity (Wildman–Crippen MR) is 73.9 cm³/mol. The quantitative estimate of drug-likeness (QED) is 0.781. The van der Waals surface area contributed by atoms with Crippen LogP contribution in [0.2, 0.25) is 0 Å². The Labute approximate surface area is 114 Å². The van der Waals surface area contributed by atoms with Crippen molar-refractivity contribution in [2.75, 3.05) is 0 Å². The fraction of sp³-hybridized carbons (Fsp3) is 0.500. The summed E-state index contributed by atoms with van der Waals surface area (Å²) in [4.78, 5) is 11.3. The average molecular weight is 284 g/mol. The van der Waals surface area contributed by atoms with Gasteiger partial charge >= 0.3 is 5.97 Å². The zero-order valence-corrected chi connectivity index (χ0v) is 12.1. The van der Waals surface area contributed by atoms with Gasteiger partial charge in [0.1, 0.15) is 0 Å². The van der Waals surface area contributed by atoms with Crippen molar-refractivity contribution in [3.05, 3.63) is 29.8 Å². The van der Waals surface area contributed by atoms with E-state index in [9.17, 15) is 13.2 Å². The number of carboxylic acids is 1. The molecule has 5 heteroatoms. The first-order valence-electron chi connectivity index (χ1n) is 6.43. The smallest absolute Gasteiger partial charge is 0.322 e. The number of aryl methyl sites for hydroxylation is 1. The molecule has 0 saturated heterocycles. The third-order valence-electron chi connectivity index (χ3n) is 3.07. The van der Waals surface area contributed by atoms with E-state index < -0.39 is 21.1 Å². The van der Waals surface area contributed by atoms with E-state index in [1.54, 1.807) is 12.1 Å². The maximum absolute atomic E-state index is 12.3. The fourth-order valence-corrected chi connectivity index (χ4v) is 3.47. The monoisotopic (exact) mass is 284 g/mol. The molecule has 1 atom stereocenters. The highest BCUT2D eigenvalue weighted by molar-refractivity contribution is 7.92. The van der Waals surface area contributed by atoms with Crippen LogP contribution in [0.25, 0.3) is 0 Å². The van der Waals surface area contributed by atoms with Crippen LogP contribution in [0.3, 0.4) is 0 Å². The second-order valence-electron chi connectivity index (χ2n) is 4.68. The van der Waals surface area contributed by atoms with Gasteiger partial charge in [-0.1, -0.05) is 43.9 Å². The van der Waals surface area contributed by atoms with Crippen LogP contribution in [0.4, 0.5) is 0 Å². The Hall–Kier alpha value is -1.36.